The van der Waals surface area contributed by atoms with Gasteiger partial charge < -0.3 is 14.8 Å². The van der Waals surface area contributed by atoms with Gasteiger partial charge in [0.05, 0.1) is 6.04 Å². The molecule has 22 heavy (non-hydrogen) atoms. The Balaban J connectivity index is 2.07. The number of nitrogens with zero attached hydrogens (tertiary/aromatic N) is 4. The van der Waals surface area contributed by atoms with Gasteiger partial charge in [-0.25, -0.2) is 9.78 Å². The summed E-state index contributed by atoms with van der Waals surface area (Å²) in [6.45, 7) is 11.8. The summed E-state index contributed by atoms with van der Waals surface area (Å²) >= 11 is 0. The molecule has 124 valence electrons. The van der Waals surface area contributed by atoms with Crippen molar-refractivity contribution >= 4 is 6.03 Å². The third-order valence-electron chi connectivity index (χ3n) is 4.69. The van der Waals surface area contributed by atoms with Crippen LogP contribution < -0.4 is 5.32 Å². The Morgan fingerprint density at radius 1 is 1.41 bits per heavy atom. The highest BCUT2D eigenvalue weighted by atomic mass is 16.2. The quantitative estimate of drug-likeness (QED) is 0.923. The van der Waals surface area contributed by atoms with E-state index in [0.29, 0.717) is 12.5 Å². The molecule has 1 aliphatic rings. The van der Waals surface area contributed by atoms with Crippen molar-refractivity contribution in [1.82, 2.24) is 24.7 Å². The summed E-state index contributed by atoms with van der Waals surface area (Å²) < 4.78 is 2.05. The molecule has 0 aliphatic carbocycles. The molecular formula is C16H29N5O. The Labute approximate surface area is 133 Å². The maximum Gasteiger partial charge on any atom is 0.317 e. The fourth-order valence-electron chi connectivity index (χ4n) is 2.78. The van der Waals surface area contributed by atoms with Gasteiger partial charge in [0.15, 0.2) is 0 Å². The van der Waals surface area contributed by atoms with Crippen molar-refractivity contribution in [3.05, 3.63) is 18.2 Å². The van der Waals surface area contributed by atoms with E-state index in [1.54, 1.807) is 0 Å². The highest BCUT2D eigenvalue weighted by molar-refractivity contribution is 5.74. The lowest BCUT2D eigenvalue weighted by Crippen LogP contribution is -2.55. The number of piperazine rings is 1. The van der Waals surface area contributed by atoms with Gasteiger partial charge in [-0.1, -0.05) is 20.8 Å². The summed E-state index contributed by atoms with van der Waals surface area (Å²) in [6, 6.07) is 0.387. The van der Waals surface area contributed by atoms with Gasteiger partial charge in [0.2, 0.25) is 0 Å². The summed E-state index contributed by atoms with van der Waals surface area (Å²) in [5.74, 6) is 1.46. The van der Waals surface area contributed by atoms with E-state index in [9.17, 15) is 4.79 Å². The number of aryl methyl sites for hydroxylation is 1. The summed E-state index contributed by atoms with van der Waals surface area (Å²) in [5.41, 5.74) is 0. The van der Waals surface area contributed by atoms with Crippen LogP contribution >= 0.6 is 0 Å². The lowest BCUT2D eigenvalue weighted by atomic mass is 10.1. The first kappa shape index (κ1) is 16.8. The fourth-order valence-corrected chi connectivity index (χ4v) is 2.78. The molecule has 6 heteroatoms. The van der Waals surface area contributed by atoms with E-state index < -0.39 is 0 Å². The molecule has 6 nitrogen and oxygen atoms in total. The number of urea groups is 1. The van der Waals surface area contributed by atoms with Crippen molar-refractivity contribution in [1.29, 1.82) is 0 Å². The summed E-state index contributed by atoms with van der Waals surface area (Å²) in [7, 11) is 2.01. The zero-order chi connectivity index (χ0) is 16.3. The van der Waals surface area contributed by atoms with Gasteiger partial charge in [0, 0.05) is 45.1 Å². The third-order valence-corrected chi connectivity index (χ3v) is 4.69. The van der Waals surface area contributed by atoms with Crippen LogP contribution in [0.1, 0.15) is 39.6 Å². The minimum absolute atomic E-state index is 0.0381. The van der Waals surface area contributed by atoms with Crippen molar-refractivity contribution in [3.63, 3.8) is 0 Å². The topological polar surface area (TPSA) is 53.4 Å². The van der Waals surface area contributed by atoms with E-state index in [1.807, 2.05) is 28.9 Å². The van der Waals surface area contributed by atoms with E-state index >= 15 is 0 Å². The normalized spacial score (nSPS) is 21.2. The van der Waals surface area contributed by atoms with Gasteiger partial charge in [-0.05, 0) is 19.4 Å². The third kappa shape index (κ3) is 3.61. The first-order valence-corrected chi connectivity index (χ1v) is 8.20. The Bertz CT molecular complexity index is 498. The Morgan fingerprint density at radius 3 is 2.68 bits per heavy atom. The Hall–Kier alpha value is -1.56. The highest BCUT2D eigenvalue weighted by Gasteiger charge is 2.32. The average molecular weight is 307 g/mol. The monoisotopic (exact) mass is 307 g/mol. The number of hydrogen-bond acceptors (Lipinski definition) is 3. The average Bonchev–Trinajstić information content (AvgIpc) is 2.92. The fraction of sp³-hybridized carbons (Fsp3) is 0.750. The molecule has 1 fully saturated rings. The predicted molar refractivity (Wildman–Crippen MR) is 87.6 cm³/mol. The van der Waals surface area contributed by atoms with Gasteiger partial charge in [-0.2, -0.15) is 0 Å². The van der Waals surface area contributed by atoms with Crippen LogP contribution in [-0.4, -0.2) is 57.6 Å². The van der Waals surface area contributed by atoms with Crippen LogP contribution in [0.15, 0.2) is 12.4 Å². The maximum atomic E-state index is 12.5. The van der Waals surface area contributed by atoms with E-state index in [0.717, 1.165) is 25.5 Å². The Morgan fingerprint density at radius 2 is 2.14 bits per heavy atom. The number of amides is 2. The molecule has 1 saturated heterocycles. The van der Waals surface area contributed by atoms with Crippen molar-refractivity contribution in [2.75, 3.05) is 26.2 Å². The zero-order valence-corrected chi connectivity index (χ0v) is 14.4. The van der Waals surface area contributed by atoms with Gasteiger partial charge in [-0.3, -0.25) is 4.90 Å². The predicted octanol–water partition coefficient (Wildman–Crippen LogP) is 1.85. The van der Waals surface area contributed by atoms with Crippen LogP contribution in [0.25, 0.3) is 0 Å². The minimum Gasteiger partial charge on any atom is -0.337 e. The van der Waals surface area contributed by atoms with E-state index in [4.69, 9.17) is 0 Å². The van der Waals surface area contributed by atoms with E-state index in [-0.39, 0.29) is 18.1 Å². The number of carbonyl (C=O) groups excluding carboxylic acids is 1. The summed E-state index contributed by atoms with van der Waals surface area (Å²) in [4.78, 5) is 21.3. The molecule has 0 spiro atoms. The Kier molecular flexibility index (Phi) is 5.45. The molecule has 2 amide bonds. The lowest BCUT2D eigenvalue weighted by Gasteiger charge is -2.40. The smallest absolute Gasteiger partial charge is 0.317 e. The number of rotatable bonds is 4. The molecule has 0 bridgehead atoms. The number of carbonyl (C=O) groups is 1. The van der Waals surface area contributed by atoms with Crippen LogP contribution in [0.2, 0.25) is 0 Å². The van der Waals surface area contributed by atoms with E-state index in [1.165, 1.54) is 0 Å². The first-order chi connectivity index (χ1) is 10.4. The second-order valence-electron chi connectivity index (χ2n) is 6.47. The summed E-state index contributed by atoms with van der Waals surface area (Å²) in [5, 5.41) is 3.10. The molecule has 0 unspecified atom stereocenters. The second-order valence-corrected chi connectivity index (χ2v) is 6.47. The molecule has 1 N–H and O–H groups in total. The number of hydrogen-bond donors (Lipinski definition) is 1. The summed E-state index contributed by atoms with van der Waals surface area (Å²) in [6.07, 6.45) is 3.78. The van der Waals surface area contributed by atoms with Crippen molar-refractivity contribution in [2.24, 2.45) is 13.0 Å². The minimum atomic E-state index is 0.0381. The van der Waals surface area contributed by atoms with Crippen molar-refractivity contribution in [2.45, 2.75) is 39.8 Å². The molecule has 2 heterocycles. The highest BCUT2D eigenvalue weighted by Crippen LogP contribution is 2.23. The van der Waals surface area contributed by atoms with Crippen LogP contribution in [0.5, 0.6) is 0 Å². The van der Waals surface area contributed by atoms with Crippen LogP contribution in [-0.2, 0) is 7.05 Å². The molecule has 0 radical (unpaired) electrons. The molecule has 0 aromatic carbocycles. The van der Waals surface area contributed by atoms with Gasteiger partial charge >= 0.3 is 6.03 Å². The van der Waals surface area contributed by atoms with Crippen molar-refractivity contribution < 1.29 is 4.79 Å². The van der Waals surface area contributed by atoms with Crippen LogP contribution in [0.4, 0.5) is 4.79 Å². The molecule has 1 aromatic heterocycles. The van der Waals surface area contributed by atoms with Crippen LogP contribution in [0, 0.1) is 5.92 Å². The molecule has 2 rings (SSSR count). The molecule has 1 aliphatic heterocycles. The molecule has 1 aromatic rings. The largest absolute Gasteiger partial charge is 0.337 e. The second kappa shape index (κ2) is 7.13. The van der Waals surface area contributed by atoms with Gasteiger partial charge in [-0.15, -0.1) is 0 Å². The molecular weight excluding hydrogens is 278 g/mol. The van der Waals surface area contributed by atoms with Gasteiger partial charge in [0.25, 0.3) is 0 Å². The van der Waals surface area contributed by atoms with E-state index in [2.05, 4.69) is 42.9 Å². The number of imidazole rings is 1. The molecule has 2 atom stereocenters. The molecule has 0 saturated carbocycles. The standard InChI is InChI=1S/C16H29N5O/c1-6-20-9-10-21(16(22)18-13(4)12(2)3)11-14(20)15-17-7-8-19(15)5/h7-8,12-14H,6,9-11H2,1-5H3,(H,18,22)/t13-,14+/m1/s1. The van der Waals surface area contributed by atoms with Gasteiger partial charge in [0.1, 0.15) is 5.82 Å². The number of nitrogens with one attached hydrogen (secondary N) is 1. The number of likely N-dealkylation sites (N-methyl/N-ethyl adjacent to an activating group) is 1. The first-order valence-electron chi connectivity index (χ1n) is 8.20. The van der Waals surface area contributed by atoms with Crippen LogP contribution in [0.3, 0.4) is 0 Å². The number of aromatic nitrogens is 2. The van der Waals surface area contributed by atoms with Crippen molar-refractivity contribution in [3.8, 4) is 0 Å². The maximum absolute atomic E-state index is 12.5. The zero-order valence-electron chi connectivity index (χ0n) is 14.4. The lowest BCUT2D eigenvalue weighted by molar-refractivity contribution is 0.0863. The SMILES string of the molecule is CCN1CCN(C(=O)N[C@H](C)C(C)C)C[C@H]1c1nccn1C.